The smallest absolute Gasteiger partial charge is 0.273 e. The zero-order valence-electron chi connectivity index (χ0n) is 21.1. The van der Waals surface area contributed by atoms with Gasteiger partial charge < -0.3 is 10.6 Å². The summed E-state index contributed by atoms with van der Waals surface area (Å²) in [5.41, 5.74) is 6.16. The summed E-state index contributed by atoms with van der Waals surface area (Å²) in [5, 5.41) is 15.1. The summed E-state index contributed by atoms with van der Waals surface area (Å²) < 4.78 is 17.0. The maximum absolute atomic E-state index is 13.7. The second kappa shape index (κ2) is 9.82. The lowest BCUT2D eigenvalue weighted by Gasteiger charge is -2.09. The molecule has 39 heavy (non-hydrogen) atoms. The Morgan fingerprint density at radius 3 is 2.59 bits per heavy atom. The number of aromatic nitrogens is 6. The van der Waals surface area contributed by atoms with E-state index in [1.807, 2.05) is 55.6 Å². The molecule has 192 valence electrons. The van der Waals surface area contributed by atoms with Gasteiger partial charge in [-0.3, -0.25) is 9.48 Å². The van der Waals surface area contributed by atoms with Gasteiger partial charge in [0.05, 0.1) is 22.5 Å². The van der Waals surface area contributed by atoms with Crippen molar-refractivity contribution in [3.63, 3.8) is 0 Å². The van der Waals surface area contributed by atoms with Crippen LogP contribution in [0.1, 0.15) is 16.2 Å². The number of hydrogen-bond donors (Lipinski definition) is 2. The number of rotatable bonds is 6. The Bertz CT molecular complexity index is 1840. The molecule has 0 fully saturated rings. The van der Waals surface area contributed by atoms with Crippen LogP contribution >= 0.6 is 0 Å². The average Bonchev–Trinajstić information content (AvgIpc) is 3.48. The molecule has 0 bridgehead atoms. The van der Waals surface area contributed by atoms with Crippen LogP contribution in [0.2, 0.25) is 0 Å². The van der Waals surface area contributed by atoms with Gasteiger partial charge >= 0.3 is 0 Å². The summed E-state index contributed by atoms with van der Waals surface area (Å²) in [6.45, 7) is 1.84. The molecule has 10 heteroatoms. The summed E-state index contributed by atoms with van der Waals surface area (Å²) in [4.78, 5) is 21.9. The lowest BCUT2D eigenvalue weighted by atomic mass is 10.0. The number of nitrogens with one attached hydrogen (secondary N) is 2. The number of nitrogens with zero attached hydrogens (tertiary/aromatic N) is 6. The molecule has 2 N–H and O–H groups in total. The number of amides is 1. The van der Waals surface area contributed by atoms with Crippen molar-refractivity contribution in [3.8, 4) is 22.5 Å². The van der Waals surface area contributed by atoms with Crippen molar-refractivity contribution < 1.29 is 9.18 Å². The molecule has 0 aliphatic carbocycles. The minimum Gasteiger partial charge on any atom is -0.324 e. The predicted octanol–water partition coefficient (Wildman–Crippen LogP) is 5.64. The highest BCUT2D eigenvalue weighted by molar-refractivity contribution is 6.03. The van der Waals surface area contributed by atoms with E-state index in [1.165, 1.54) is 12.1 Å². The molecule has 0 aliphatic heterocycles. The first-order chi connectivity index (χ1) is 18.9. The first-order valence-corrected chi connectivity index (χ1v) is 12.2. The molecule has 0 radical (unpaired) electrons. The third-order valence-corrected chi connectivity index (χ3v) is 6.16. The minimum absolute atomic E-state index is 0.255. The van der Waals surface area contributed by atoms with Crippen LogP contribution in [0.25, 0.3) is 28.0 Å². The zero-order valence-corrected chi connectivity index (χ0v) is 21.1. The maximum Gasteiger partial charge on any atom is 0.273 e. The normalized spacial score (nSPS) is 11.1. The summed E-state index contributed by atoms with van der Waals surface area (Å²) >= 11 is 0. The number of halogens is 1. The second-order valence-electron chi connectivity index (χ2n) is 8.98. The molecular formula is C29H23FN8O. The van der Waals surface area contributed by atoms with Gasteiger partial charge in [0, 0.05) is 36.4 Å². The number of hydrogen-bond acceptors (Lipinski definition) is 6. The molecule has 0 saturated heterocycles. The molecule has 4 aromatic heterocycles. The molecule has 9 nitrogen and oxygen atoms in total. The standard InChI is InChI=1S/C29H23FN8O/c1-18-15-25(37(2)35-18)28(39)32-21-9-5-7-19(16-21)27-26(24-11-3-4-14-38(24)36-27)23-12-13-31-29(34-23)33-22-10-6-8-20(30)17-22/h3-17H,1-2H3,(H,32,39)(H,31,33,34). The van der Waals surface area contributed by atoms with Crippen molar-refractivity contribution >= 4 is 28.7 Å². The third kappa shape index (κ3) is 4.82. The van der Waals surface area contributed by atoms with Crippen LogP contribution in [0.15, 0.2) is 91.3 Å². The Hall–Kier alpha value is -5.38. The first kappa shape index (κ1) is 24.0. The molecule has 1 amide bonds. The molecule has 6 aromatic rings. The van der Waals surface area contributed by atoms with Crippen LogP contribution < -0.4 is 10.6 Å². The molecular weight excluding hydrogens is 495 g/mol. The number of benzene rings is 2. The molecule has 6 rings (SSSR count). The van der Waals surface area contributed by atoms with E-state index in [0.717, 1.165) is 22.3 Å². The van der Waals surface area contributed by atoms with Crippen molar-refractivity contribution in [1.82, 2.24) is 29.4 Å². The molecule has 0 atom stereocenters. The monoisotopic (exact) mass is 518 g/mol. The van der Waals surface area contributed by atoms with Crippen LogP contribution in [0.4, 0.5) is 21.7 Å². The van der Waals surface area contributed by atoms with Gasteiger partial charge in [-0.1, -0.05) is 24.3 Å². The van der Waals surface area contributed by atoms with Crippen LogP contribution in [-0.4, -0.2) is 35.3 Å². The first-order valence-electron chi connectivity index (χ1n) is 12.2. The largest absolute Gasteiger partial charge is 0.324 e. The number of carbonyl (C=O) groups is 1. The van der Waals surface area contributed by atoms with Crippen LogP contribution in [0.3, 0.4) is 0 Å². The molecule has 4 heterocycles. The Kier molecular flexibility index (Phi) is 6.04. The Balaban J connectivity index is 1.39. The number of aryl methyl sites for hydroxylation is 2. The summed E-state index contributed by atoms with van der Waals surface area (Å²) in [7, 11) is 1.74. The Labute approximate surface area is 223 Å². The van der Waals surface area contributed by atoms with E-state index in [1.54, 1.807) is 46.7 Å². The quantitative estimate of drug-likeness (QED) is 0.296. The average molecular weight is 519 g/mol. The van der Waals surface area contributed by atoms with E-state index in [4.69, 9.17) is 10.1 Å². The summed E-state index contributed by atoms with van der Waals surface area (Å²) in [6.07, 6.45) is 3.51. The van der Waals surface area contributed by atoms with Crippen LogP contribution in [-0.2, 0) is 7.05 Å². The summed E-state index contributed by atoms with van der Waals surface area (Å²) in [6, 6.07) is 23.0. The van der Waals surface area contributed by atoms with Crippen molar-refractivity contribution in [3.05, 3.63) is 108 Å². The number of fused-ring (bicyclic) bond motifs is 1. The fraction of sp³-hybridized carbons (Fsp3) is 0.0690. The van der Waals surface area contributed by atoms with Gasteiger partial charge in [0.25, 0.3) is 5.91 Å². The van der Waals surface area contributed by atoms with Crippen molar-refractivity contribution in [2.45, 2.75) is 6.92 Å². The van der Waals surface area contributed by atoms with Gasteiger partial charge in [-0.05, 0) is 61.5 Å². The molecule has 0 saturated carbocycles. The topological polar surface area (TPSA) is 102 Å². The Morgan fingerprint density at radius 2 is 1.77 bits per heavy atom. The maximum atomic E-state index is 13.7. The molecule has 0 aliphatic rings. The van der Waals surface area contributed by atoms with Crippen LogP contribution in [0.5, 0.6) is 0 Å². The molecule has 0 spiro atoms. The van der Waals surface area contributed by atoms with Gasteiger partial charge in [0.1, 0.15) is 17.2 Å². The van der Waals surface area contributed by atoms with Gasteiger partial charge in [-0.2, -0.15) is 10.2 Å². The third-order valence-electron chi connectivity index (χ3n) is 6.16. The highest BCUT2D eigenvalue weighted by atomic mass is 19.1. The van der Waals surface area contributed by atoms with Gasteiger partial charge in [0.15, 0.2) is 0 Å². The lowest BCUT2D eigenvalue weighted by molar-refractivity contribution is 0.101. The van der Waals surface area contributed by atoms with E-state index in [9.17, 15) is 9.18 Å². The number of anilines is 3. The predicted molar refractivity (Wildman–Crippen MR) is 147 cm³/mol. The van der Waals surface area contributed by atoms with Crippen molar-refractivity contribution in [2.75, 3.05) is 10.6 Å². The highest BCUT2D eigenvalue weighted by Crippen LogP contribution is 2.35. The summed E-state index contributed by atoms with van der Waals surface area (Å²) in [5.74, 6) is -0.285. The van der Waals surface area contributed by atoms with Crippen molar-refractivity contribution in [2.24, 2.45) is 7.05 Å². The Morgan fingerprint density at radius 1 is 0.923 bits per heavy atom. The lowest BCUT2D eigenvalue weighted by Crippen LogP contribution is -2.16. The van der Waals surface area contributed by atoms with Gasteiger partial charge in [-0.25, -0.2) is 18.9 Å². The number of carbonyl (C=O) groups excluding carboxylic acids is 1. The van der Waals surface area contributed by atoms with Gasteiger partial charge in [-0.15, -0.1) is 0 Å². The van der Waals surface area contributed by atoms with E-state index >= 15 is 0 Å². The molecule has 0 unspecified atom stereocenters. The van der Waals surface area contributed by atoms with E-state index in [0.29, 0.717) is 34.4 Å². The van der Waals surface area contributed by atoms with Crippen LogP contribution in [0, 0.1) is 12.7 Å². The fourth-order valence-corrected chi connectivity index (χ4v) is 4.47. The highest BCUT2D eigenvalue weighted by Gasteiger charge is 2.19. The number of pyridine rings is 1. The molecule has 2 aromatic carbocycles. The zero-order chi connectivity index (χ0) is 26.9. The second-order valence-corrected chi connectivity index (χ2v) is 8.98. The SMILES string of the molecule is Cc1cc(C(=O)Nc2cccc(-c3nn4ccccc4c3-c3ccnc(Nc4cccc(F)c4)n3)c2)n(C)n1. The van der Waals surface area contributed by atoms with E-state index in [2.05, 4.69) is 20.7 Å². The van der Waals surface area contributed by atoms with Crippen molar-refractivity contribution in [1.29, 1.82) is 0 Å². The minimum atomic E-state index is -0.355. The van der Waals surface area contributed by atoms with Gasteiger partial charge in [0.2, 0.25) is 5.95 Å². The van der Waals surface area contributed by atoms with E-state index in [-0.39, 0.29) is 11.7 Å². The fourth-order valence-electron chi connectivity index (χ4n) is 4.47. The van der Waals surface area contributed by atoms with E-state index < -0.39 is 0 Å².